The molecule has 0 rings (SSSR count). The van der Waals surface area contributed by atoms with Crippen LogP contribution in [0.2, 0.25) is 0 Å². The van der Waals surface area contributed by atoms with E-state index in [1.807, 2.05) is 0 Å². The van der Waals surface area contributed by atoms with Crippen LogP contribution in [0.25, 0.3) is 0 Å². The normalized spacial score (nSPS) is 12.7. The van der Waals surface area contributed by atoms with Crippen LogP contribution in [0.4, 0.5) is 0 Å². The summed E-state index contributed by atoms with van der Waals surface area (Å²) in [5, 5.41) is 9.56. The average Bonchev–Trinajstić information content (AvgIpc) is 3.07. The fourth-order valence-corrected chi connectivity index (χ4v) is 6.36. The summed E-state index contributed by atoms with van der Waals surface area (Å²) < 4.78 is 10.6. The topological polar surface area (TPSA) is 72.8 Å². The standard InChI is InChI=1S/C42H82O5/c1-4-6-7-8-9-10-11-12-13-18-21-24-27-30-33-36-42(45)47-40(37-43)38-46-41(44)35-32-29-26-23-20-17-15-14-16-19-22-25-28-31-34-39(3)5-2/h39-40,43H,4-38H2,1-3H3/t39?,40-/m0/s1. The van der Waals surface area contributed by atoms with E-state index in [9.17, 15) is 14.7 Å². The number of hydrogen-bond donors (Lipinski definition) is 1. The van der Waals surface area contributed by atoms with Gasteiger partial charge in [-0.3, -0.25) is 9.59 Å². The Kier molecular flexibility index (Phi) is 36.8. The van der Waals surface area contributed by atoms with Crippen molar-refractivity contribution in [3.05, 3.63) is 0 Å². The van der Waals surface area contributed by atoms with Gasteiger partial charge in [-0.05, 0) is 18.8 Å². The predicted molar refractivity (Wildman–Crippen MR) is 201 cm³/mol. The number of aliphatic hydroxyl groups is 1. The Labute approximate surface area is 293 Å². The van der Waals surface area contributed by atoms with Gasteiger partial charge < -0.3 is 14.6 Å². The predicted octanol–water partition coefficient (Wildman–Crippen LogP) is 13.0. The second kappa shape index (κ2) is 37.7. The summed E-state index contributed by atoms with van der Waals surface area (Å²) in [6, 6.07) is 0. The van der Waals surface area contributed by atoms with Gasteiger partial charge in [0.15, 0.2) is 6.10 Å². The molecule has 0 spiro atoms. The van der Waals surface area contributed by atoms with Gasteiger partial charge in [-0.2, -0.15) is 0 Å². The van der Waals surface area contributed by atoms with Gasteiger partial charge in [-0.1, -0.05) is 207 Å². The summed E-state index contributed by atoms with van der Waals surface area (Å²) in [6.45, 7) is 6.56. The quantitative estimate of drug-likeness (QED) is 0.0524. The molecule has 2 atom stereocenters. The van der Waals surface area contributed by atoms with Gasteiger partial charge in [0.1, 0.15) is 6.61 Å². The number of unbranched alkanes of at least 4 members (excludes halogenated alkanes) is 27. The van der Waals surface area contributed by atoms with E-state index in [0.717, 1.165) is 38.0 Å². The number of esters is 2. The lowest BCUT2D eigenvalue weighted by Crippen LogP contribution is -2.28. The van der Waals surface area contributed by atoms with Crippen LogP contribution in [-0.2, 0) is 19.1 Å². The maximum atomic E-state index is 12.2. The Hall–Kier alpha value is -1.10. The number of rotatable bonds is 38. The molecule has 0 aliphatic heterocycles. The molecule has 280 valence electrons. The first-order valence-electron chi connectivity index (χ1n) is 21.0. The lowest BCUT2D eigenvalue weighted by Gasteiger charge is -2.15. The van der Waals surface area contributed by atoms with Crippen molar-refractivity contribution in [1.29, 1.82) is 0 Å². The molecule has 0 heterocycles. The highest BCUT2D eigenvalue weighted by atomic mass is 16.6. The summed E-state index contributed by atoms with van der Waals surface area (Å²) in [7, 11) is 0. The number of carbonyl (C=O) groups is 2. The van der Waals surface area contributed by atoms with Crippen molar-refractivity contribution in [2.45, 2.75) is 239 Å². The Morgan fingerprint density at radius 2 is 0.830 bits per heavy atom. The zero-order valence-corrected chi connectivity index (χ0v) is 32.0. The van der Waals surface area contributed by atoms with Gasteiger partial charge in [-0.15, -0.1) is 0 Å². The van der Waals surface area contributed by atoms with Gasteiger partial charge in [0, 0.05) is 12.8 Å². The maximum absolute atomic E-state index is 12.2. The van der Waals surface area contributed by atoms with Crippen molar-refractivity contribution in [2.24, 2.45) is 5.92 Å². The third kappa shape index (κ3) is 36.0. The summed E-state index contributed by atoms with van der Waals surface area (Å²) in [5.74, 6) is 0.328. The number of hydrogen-bond acceptors (Lipinski definition) is 5. The minimum atomic E-state index is -0.762. The highest BCUT2D eigenvalue weighted by Gasteiger charge is 2.16. The van der Waals surface area contributed by atoms with E-state index >= 15 is 0 Å². The van der Waals surface area contributed by atoms with Crippen molar-refractivity contribution < 1.29 is 24.2 Å². The van der Waals surface area contributed by atoms with Crippen LogP contribution < -0.4 is 0 Å². The van der Waals surface area contributed by atoms with E-state index in [-0.39, 0.29) is 25.2 Å². The van der Waals surface area contributed by atoms with Crippen molar-refractivity contribution >= 4 is 11.9 Å². The molecule has 5 heteroatoms. The molecule has 0 aliphatic carbocycles. The van der Waals surface area contributed by atoms with Gasteiger partial charge >= 0.3 is 11.9 Å². The van der Waals surface area contributed by atoms with E-state index in [0.29, 0.717) is 12.8 Å². The molecular formula is C42H82O5. The molecule has 0 radical (unpaired) electrons. The Morgan fingerprint density at radius 1 is 0.489 bits per heavy atom. The van der Waals surface area contributed by atoms with Crippen LogP contribution in [-0.4, -0.2) is 36.4 Å². The van der Waals surface area contributed by atoms with E-state index < -0.39 is 6.10 Å². The Morgan fingerprint density at radius 3 is 1.19 bits per heavy atom. The number of aliphatic hydroxyl groups excluding tert-OH is 1. The number of carbonyl (C=O) groups excluding carboxylic acids is 2. The van der Waals surface area contributed by atoms with E-state index in [1.165, 1.54) is 167 Å². The largest absolute Gasteiger partial charge is 0.462 e. The zero-order valence-electron chi connectivity index (χ0n) is 32.0. The molecule has 0 saturated carbocycles. The van der Waals surface area contributed by atoms with Gasteiger partial charge in [0.2, 0.25) is 0 Å². The molecule has 0 aliphatic rings. The summed E-state index contributed by atoms with van der Waals surface area (Å²) in [4.78, 5) is 24.3. The van der Waals surface area contributed by atoms with Crippen molar-refractivity contribution in [1.82, 2.24) is 0 Å². The van der Waals surface area contributed by atoms with Crippen molar-refractivity contribution in [2.75, 3.05) is 13.2 Å². The maximum Gasteiger partial charge on any atom is 0.306 e. The van der Waals surface area contributed by atoms with Crippen molar-refractivity contribution in [3.63, 3.8) is 0 Å². The number of ether oxygens (including phenoxy) is 2. The lowest BCUT2D eigenvalue weighted by molar-refractivity contribution is -0.161. The van der Waals surface area contributed by atoms with Gasteiger partial charge in [0.25, 0.3) is 0 Å². The average molecular weight is 667 g/mol. The summed E-state index contributed by atoms with van der Waals surface area (Å²) >= 11 is 0. The highest BCUT2D eigenvalue weighted by Crippen LogP contribution is 2.17. The molecular weight excluding hydrogens is 584 g/mol. The Bertz CT molecular complexity index is 651. The fraction of sp³-hybridized carbons (Fsp3) is 0.952. The Balaban J connectivity index is 3.48. The molecule has 1 N–H and O–H groups in total. The minimum Gasteiger partial charge on any atom is -0.462 e. The molecule has 0 bridgehead atoms. The van der Waals surface area contributed by atoms with Crippen LogP contribution in [0, 0.1) is 5.92 Å². The van der Waals surface area contributed by atoms with Crippen molar-refractivity contribution in [3.8, 4) is 0 Å². The van der Waals surface area contributed by atoms with Gasteiger partial charge in [0.05, 0.1) is 6.61 Å². The minimum absolute atomic E-state index is 0.0574. The van der Waals surface area contributed by atoms with Crippen LogP contribution >= 0.6 is 0 Å². The first-order valence-corrected chi connectivity index (χ1v) is 21.0. The van der Waals surface area contributed by atoms with E-state index in [1.54, 1.807) is 0 Å². The van der Waals surface area contributed by atoms with Crippen LogP contribution in [0.3, 0.4) is 0 Å². The third-order valence-electron chi connectivity index (χ3n) is 9.94. The monoisotopic (exact) mass is 667 g/mol. The van der Waals surface area contributed by atoms with Crippen LogP contribution in [0.5, 0.6) is 0 Å². The van der Waals surface area contributed by atoms with Crippen LogP contribution in [0.15, 0.2) is 0 Å². The van der Waals surface area contributed by atoms with E-state index in [4.69, 9.17) is 9.47 Å². The molecule has 0 amide bonds. The molecule has 0 aromatic carbocycles. The molecule has 47 heavy (non-hydrogen) atoms. The summed E-state index contributed by atoms with van der Waals surface area (Å²) in [6.07, 6.45) is 40.1. The third-order valence-corrected chi connectivity index (χ3v) is 9.94. The zero-order chi connectivity index (χ0) is 34.5. The molecule has 0 fully saturated rings. The molecule has 0 aromatic heterocycles. The lowest BCUT2D eigenvalue weighted by atomic mass is 9.99. The summed E-state index contributed by atoms with van der Waals surface area (Å²) in [5.41, 5.74) is 0. The van der Waals surface area contributed by atoms with Crippen LogP contribution in [0.1, 0.15) is 233 Å². The SMILES string of the molecule is CCCCCCCCCCCCCCCCCC(=O)O[C@@H](CO)COC(=O)CCCCCCCCCCCCCCCCC(C)CC. The van der Waals surface area contributed by atoms with E-state index in [2.05, 4.69) is 20.8 Å². The second-order valence-electron chi connectivity index (χ2n) is 14.7. The smallest absolute Gasteiger partial charge is 0.306 e. The highest BCUT2D eigenvalue weighted by molar-refractivity contribution is 5.70. The molecule has 5 nitrogen and oxygen atoms in total. The van der Waals surface area contributed by atoms with Gasteiger partial charge in [-0.25, -0.2) is 0 Å². The molecule has 1 unspecified atom stereocenters. The fourth-order valence-electron chi connectivity index (χ4n) is 6.36. The first kappa shape index (κ1) is 45.9. The second-order valence-corrected chi connectivity index (χ2v) is 14.7. The molecule has 0 saturated heterocycles. The first-order chi connectivity index (χ1) is 23.0. The molecule has 0 aromatic rings.